The van der Waals surface area contributed by atoms with E-state index in [1.54, 1.807) is 11.9 Å². The number of amides is 1. The van der Waals surface area contributed by atoms with Crippen molar-refractivity contribution in [3.8, 4) is 5.75 Å². The molecule has 0 unspecified atom stereocenters. The predicted molar refractivity (Wildman–Crippen MR) is 68.1 cm³/mol. The third-order valence-electron chi connectivity index (χ3n) is 2.23. The average molecular weight is 286 g/mol. The van der Waals surface area contributed by atoms with Gasteiger partial charge in [-0.3, -0.25) is 4.79 Å². The maximum Gasteiger partial charge on any atom is 0.233 e. The van der Waals surface area contributed by atoms with Gasteiger partial charge in [0, 0.05) is 7.05 Å². The van der Waals surface area contributed by atoms with Gasteiger partial charge in [0.2, 0.25) is 5.91 Å². The Morgan fingerprint density at radius 2 is 2.25 bits per heavy atom. The van der Waals surface area contributed by atoms with Crippen LogP contribution < -0.4 is 4.74 Å². The molecular formula is C12H16BrNO2. The molecule has 1 rings (SSSR count). The van der Waals surface area contributed by atoms with Crippen LogP contribution in [0.15, 0.2) is 24.3 Å². The van der Waals surface area contributed by atoms with Crippen LogP contribution in [-0.4, -0.2) is 36.3 Å². The first-order valence-corrected chi connectivity index (χ1v) is 6.25. The molecular weight excluding hydrogens is 270 g/mol. The van der Waals surface area contributed by atoms with Crippen LogP contribution in [0.25, 0.3) is 0 Å². The van der Waals surface area contributed by atoms with Gasteiger partial charge in [-0.05, 0) is 24.6 Å². The molecule has 0 bridgehead atoms. The number of nitrogens with zero attached hydrogens (tertiary/aromatic N) is 1. The van der Waals surface area contributed by atoms with Crippen molar-refractivity contribution in [2.75, 3.05) is 25.5 Å². The zero-order chi connectivity index (χ0) is 12.0. The highest BCUT2D eigenvalue weighted by Gasteiger charge is 2.05. The lowest BCUT2D eigenvalue weighted by molar-refractivity contribution is -0.127. The summed E-state index contributed by atoms with van der Waals surface area (Å²) in [4.78, 5) is 12.9. The average Bonchev–Trinajstić information content (AvgIpc) is 2.28. The zero-order valence-corrected chi connectivity index (χ0v) is 11.2. The molecule has 0 N–H and O–H groups in total. The van der Waals surface area contributed by atoms with Crippen molar-refractivity contribution in [3.05, 3.63) is 29.8 Å². The number of carbonyl (C=O) groups excluding carboxylic acids is 1. The lowest BCUT2D eigenvalue weighted by Crippen LogP contribution is -2.31. The van der Waals surface area contributed by atoms with Crippen molar-refractivity contribution < 1.29 is 9.53 Å². The maximum atomic E-state index is 11.2. The first-order valence-electron chi connectivity index (χ1n) is 5.13. The van der Waals surface area contributed by atoms with E-state index in [0.29, 0.717) is 18.5 Å². The Morgan fingerprint density at radius 3 is 2.88 bits per heavy atom. The van der Waals surface area contributed by atoms with Crippen LogP contribution in [0.2, 0.25) is 0 Å². The molecule has 0 aromatic heterocycles. The van der Waals surface area contributed by atoms with E-state index in [1.165, 1.54) is 5.56 Å². The summed E-state index contributed by atoms with van der Waals surface area (Å²) in [7, 11) is 1.77. The van der Waals surface area contributed by atoms with Gasteiger partial charge in [0.25, 0.3) is 0 Å². The van der Waals surface area contributed by atoms with Crippen LogP contribution in [0.3, 0.4) is 0 Å². The molecule has 0 aliphatic heterocycles. The fourth-order valence-corrected chi connectivity index (χ4v) is 1.66. The van der Waals surface area contributed by atoms with E-state index in [2.05, 4.69) is 15.9 Å². The van der Waals surface area contributed by atoms with Gasteiger partial charge >= 0.3 is 0 Å². The minimum absolute atomic E-state index is 0.0628. The number of hydrogen-bond acceptors (Lipinski definition) is 2. The van der Waals surface area contributed by atoms with Gasteiger partial charge in [0.1, 0.15) is 12.4 Å². The Morgan fingerprint density at radius 1 is 1.50 bits per heavy atom. The number of rotatable bonds is 5. The van der Waals surface area contributed by atoms with Crippen LogP contribution >= 0.6 is 15.9 Å². The minimum Gasteiger partial charge on any atom is -0.492 e. The Bertz CT molecular complexity index is 355. The Hall–Kier alpha value is -1.03. The van der Waals surface area contributed by atoms with Gasteiger partial charge in [0.15, 0.2) is 0 Å². The highest BCUT2D eigenvalue weighted by Crippen LogP contribution is 2.11. The van der Waals surface area contributed by atoms with E-state index >= 15 is 0 Å². The van der Waals surface area contributed by atoms with E-state index in [9.17, 15) is 4.79 Å². The van der Waals surface area contributed by atoms with Crippen LogP contribution in [-0.2, 0) is 4.79 Å². The van der Waals surface area contributed by atoms with E-state index in [-0.39, 0.29) is 5.91 Å². The molecule has 0 aliphatic carbocycles. The molecule has 3 nitrogen and oxygen atoms in total. The van der Waals surface area contributed by atoms with E-state index in [0.717, 1.165) is 5.75 Å². The second kappa shape index (κ2) is 6.53. The third-order valence-corrected chi connectivity index (χ3v) is 2.70. The fraction of sp³-hybridized carbons (Fsp3) is 0.417. The molecule has 0 fully saturated rings. The summed E-state index contributed by atoms with van der Waals surface area (Å²) in [6.07, 6.45) is 0. The number of alkyl halides is 1. The summed E-state index contributed by atoms with van der Waals surface area (Å²) in [5, 5.41) is 0.355. The summed E-state index contributed by atoms with van der Waals surface area (Å²) in [6.45, 7) is 3.13. The SMILES string of the molecule is Cc1cccc(OCCN(C)C(=O)CBr)c1. The van der Waals surface area contributed by atoms with Crippen molar-refractivity contribution >= 4 is 21.8 Å². The van der Waals surface area contributed by atoms with Crippen LogP contribution in [0.1, 0.15) is 5.56 Å². The molecule has 0 spiro atoms. The molecule has 0 atom stereocenters. The molecule has 0 saturated heterocycles. The van der Waals surface area contributed by atoms with Crippen molar-refractivity contribution in [2.45, 2.75) is 6.92 Å². The van der Waals surface area contributed by atoms with Gasteiger partial charge in [-0.25, -0.2) is 0 Å². The maximum absolute atomic E-state index is 11.2. The highest BCUT2D eigenvalue weighted by molar-refractivity contribution is 9.09. The lowest BCUT2D eigenvalue weighted by Gasteiger charge is -2.16. The lowest BCUT2D eigenvalue weighted by atomic mass is 10.2. The largest absolute Gasteiger partial charge is 0.492 e. The molecule has 0 radical (unpaired) electrons. The van der Waals surface area contributed by atoms with Gasteiger partial charge in [-0.2, -0.15) is 0 Å². The van der Waals surface area contributed by atoms with Crippen LogP contribution in [0, 0.1) is 6.92 Å². The molecule has 16 heavy (non-hydrogen) atoms. The van der Waals surface area contributed by atoms with Crippen molar-refractivity contribution in [3.63, 3.8) is 0 Å². The summed E-state index contributed by atoms with van der Waals surface area (Å²) in [5.74, 6) is 0.910. The molecule has 1 aromatic carbocycles. The Labute approximate surface area is 105 Å². The molecule has 0 saturated carbocycles. The summed E-state index contributed by atoms with van der Waals surface area (Å²) in [6, 6.07) is 7.87. The normalized spacial score (nSPS) is 9.94. The van der Waals surface area contributed by atoms with E-state index < -0.39 is 0 Å². The number of benzene rings is 1. The highest BCUT2D eigenvalue weighted by atomic mass is 79.9. The standard InChI is InChI=1S/C12H16BrNO2/c1-10-4-3-5-11(8-10)16-7-6-14(2)12(15)9-13/h3-5,8H,6-7,9H2,1-2H3. The van der Waals surface area contributed by atoms with Crippen molar-refractivity contribution in [1.82, 2.24) is 4.90 Å². The molecule has 0 aliphatic rings. The summed E-state index contributed by atoms with van der Waals surface area (Å²) >= 11 is 3.13. The van der Waals surface area contributed by atoms with Crippen LogP contribution in [0.4, 0.5) is 0 Å². The number of aryl methyl sites for hydroxylation is 1. The van der Waals surface area contributed by atoms with Gasteiger partial charge < -0.3 is 9.64 Å². The molecule has 1 amide bonds. The number of carbonyl (C=O) groups is 1. The first-order chi connectivity index (χ1) is 7.63. The first kappa shape index (κ1) is 13.0. The van der Waals surface area contributed by atoms with E-state index in [1.807, 2.05) is 31.2 Å². The smallest absolute Gasteiger partial charge is 0.233 e. The van der Waals surface area contributed by atoms with Crippen LogP contribution in [0.5, 0.6) is 5.75 Å². The van der Waals surface area contributed by atoms with Gasteiger partial charge in [-0.1, -0.05) is 28.1 Å². The number of ether oxygens (including phenoxy) is 1. The second-order valence-electron chi connectivity index (χ2n) is 3.61. The summed E-state index contributed by atoms with van der Waals surface area (Å²) in [5.41, 5.74) is 1.17. The quantitative estimate of drug-likeness (QED) is 0.777. The Kier molecular flexibility index (Phi) is 5.32. The van der Waals surface area contributed by atoms with Gasteiger partial charge in [0.05, 0.1) is 11.9 Å². The van der Waals surface area contributed by atoms with Crippen molar-refractivity contribution in [2.24, 2.45) is 0 Å². The topological polar surface area (TPSA) is 29.5 Å². The molecule has 0 heterocycles. The predicted octanol–water partition coefficient (Wildman–Crippen LogP) is 2.23. The van der Waals surface area contributed by atoms with E-state index in [4.69, 9.17) is 4.74 Å². The molecule has 1 aromatic rings. The van der Waals surface area contributed by atoms with Gasteiger partial charge in [-0.15, -0.1) is 0 Å². The number of likely N-dealkylation sites (N-methyl/N-ethyl adjacent to an activating group) is 1. The number of halogens is 1. The zero-order valence-electron chi connectivity index (χ0n) is 9.57. The third kappa shape index (κ3) is 4.23. The molecule has 4 heteroatoms. The van der Waals surface area contributed by atoms with Crippen molar-refractivity contribution in [1.29, 1.82) is 0 Å². The summed E-state index contributed by atoms with van der Waals surface area (Å²) < 4.78 is 5.54. The monoisotopic (exact) mass is 285 g/mol. The minimum atomic E-state index is 0.0628. The fourth-order valence-electron chi connectivity index (χ4n) is 1.23. The Balaban J connectivity index is 2.33. The second-order valence-corrected chi connectivity index (χ2v) is 4.17. The number of hydrogen-bond donors (Lipinski definition) is 0. The molecule has 88 valence electrons.